The van der Waals surface area contributed by atoms with Gasteiger partial charge in [-0.1, -0.05) is 63.7 Å². The van der Waals surface area contributed by atoms with E-state index in [1.165, 1.54) is 29.8 Å². The molecule has 4 heterocycles. The van der Waals surface area contributed by atoms with Gasteiger partial charge in [0.05, 0.1) is 34.3 Å². The van der Waals surface area contributed by atoms with E-state index in [0.717, 1.165) is 31.9 Å². The van der Waals surface area contributed by atoms with Crippen molar-refractivity contribution < 1.29 is 9.53 Å². The Morgan fingerprint density at radius 1 is 1.08 bits per heavy atom. The zero-order chi connectivity index (χ0) is 27.1. The molecule has 0 bridgehead atoms. The van der Waals surface area contributed by atoms with Crippen LogP contribution in [0.2, 0.25) is 0 Å². The zero-order valence-electron chi connectivity index (χ0n) is 20.9. The van der Waals surface area contributed by atoms with Crippen molar-refractivity contribution in [2.45, 2.75) is 13.0 Å². The number of methoxy groups -OCH3 is 1. The maximum Gasteiger partial charge on any atom is 0.338 e. The third-order valence-corrected chi connectivity index (χ3v) is 8.84. The van der Waals surface area contributed by atoms with Gasteiger partial charge in [0.1, 0.15) is 6.04 Å². The fourth-order valence-corrected chi connectivity index (χ4v) is 6.71. The summed E-state index contributed by atoms with van der Waals surface area (Å²) in [4.78, 5) is 32.8. The van der Waals surface area contributed by atoms with E-state index < -0.39 is 12.0 Å². The number of ether oxygens (including phenoxy) is 1. The van der Waals surface area contributed by atoms with E-state index >= 15 is 0 Å². The third-order valence-electron chi connectivity index (χ3n) is 6.41. The van der Waals surface area contributed by atoms with Crippen LogP contribution in [-0.2, 0) is 9.53 Å². The van der Waals surface area contributed by atoms with E-state index in [9.17, 15) is 9.59 Å². The van der Waals surface area contributed by atoms with E-state index in [0.29, 0.717) is 20.6 Å². The topological polar surface area (TPSA) is 78.5 Å². The minimum absolute atomic E-state index is 0.222. The molecule has 0 N–H and O–H groups in total. The lowest BCUT2D eigenvalue weighted by molar-refractivity contribution is -0.136. The van der Waals surface area contributed by atoms with Gasteiger partial charge in [0.15, 0.2) is 4.80 Å². The van der Waals surface area contributed by atoms with Crippen LogP contribution in [0, 0.1) is 0 Å². The van der Waals surface area contributed by atoms with E-state index in [1.807, 2.05) is 89.1 Å². The summed E-state index contributed by atoms with van der Waals surface area (Å²) < 4.78 is 9.96. The molecule has 0 amide bonds. The molecule has 39 heavy (non-hydrogen) atoms. The number of nitrogens with zero attached hydrogens (tertiary/aromatic N) is 4. The Hall–Kier alpha value is -3.86. The molecule has 2 aromatic carbocycles. The number of para-hydroxylation sites is 1. The molecule has 0 saturated carbocycles. The number of rotatable bonds is 5. The Kier molecular flexibility index (Phi) is 6.76. The van der Waals surface area contributed by atoms with Crippen molar-refractivity contribution >= 4 is 50.6 Å². The lowest BCUT2D eigenvalue weighted by Crippen LogP contribution is -2.39. The molecule has 0 spiro atoms. The van der Waals surface area contributed by atoms with Crippen molar-refractivity contribution in [1.29, 1.82) is 0 Å². The van der Waals surface area contributed by atoms with Crippen LogP contribution >= 0.6 is 38.6 Å². The molecule has 0 fully saturated rings. The van der Waals surface area contributed by atoms with Gasteiger partial charge in [-0.15, -0.1) is 11.3 Å². The third kappa shape index (κ3) is 4.64. The summed E-state index contributed by atoms with van der Waals surface area (Å²) in [5.74, 6) is -0.495. The number of esters is 1. The molecule has 0 aliphatic carbocycles. The van der Waals surface area contributed by atoms with Gasteiger partial charge in [-0.05, 0) is 48.7 Å². The highest BCUT2D eigenvalue weighted by atomic mass is 79.9. The fourth-order valence-electron chi connectivity index (χ4n) is 4.59. The van der Waals surface area contributed by atoms with Crippen LogP contribution in [0.25, 0.3) is 23.0 Å². The van der Waals surface area contributed by atoms with Gasteiger partial charge in [0.25, 0.3) is 5.56 Å². The molecule has 5 aromatic rings. The lowest BCUT2D eigenvalue weighted by Gasteiger charge is -2.22. The predicted octanol–water partition coefficient (Wildman–Crippen LogP) is 5.08. The number of hydrogen-bond donors (Lipinski definition) is 0. The van der Waals surface area contributed by atoms with E-state index in [-0.39, 0.29) is 5.56 Å². The Balaban J connectivity index is 1.56. The quantitative estimate of drug-likeness (QED) is 0.258. The normalized spacial score (nSPS) is 15.3. The molecule has 6 rings (SSSR count). The van der Waals surface area contributed by atoms with Crippen LogP contribution in [0.4, 0.5) is 0 Å². The highest BCUT2D eigenvalue weighted by Gasteiger charge is 2.33. The van der Waals surface area contributed by atoms with Gasteiger partial charge in [-0.25, -0.2) is 14.5 Å². The van der Waals surface area contributed by atoms with E-state index in [4.69, 9.17) is 9.84 Å². The van der Waals surface area contributed by atoms with Gasteiger partial charge in [0, 0.05) is 26.7 Å². The van der Waals surface area contributed by atoms with Gasteiger partial charge < -0.3 is 4.74 Å². The number of benzene rings is 2. The Bertz CT molecular complexity index is 1900. The Morgan fingerprint density at radius 2 is 1.85 bits per heavy atom. The van der Waals surface area contributed by atoms with Crippen LogP contribution < -0.4 is 14.9 Å². The number of allylic oxidation sites excluding steroid dienone is 1. The zero-order valence-corrected chi connectivity index (χ0v) is 24.1. The highest BCUT2D eigenvalue weighted by molar-refractivity contribution is 9.10. The second kappa shape index (κ2) is 10.4. The van der Waals surface area contributed by atoms with Crippen LogP contribution in [-0.4, -0.2) is 27.4 Å². The maximum absolute atomic E-state index is 13.9. The summed E-state index contributed by atoms with van der Waals surface area (Å²) >= 11 is 6.28. The smallest absolute Gasteiger partial charge is 0.338 e. The second-order valence-corrected chi connectivity index (χ2v) is 11.7. The van der Waals surface area contributed by atoms with Gasteiger partial charge in [-0.3, -0.25) is 9.36 Å². The molecule has 7 nitrogen and oxygen atoms in total. The van der Waals surface area contributed by atoms with Gasteiger partial charge in [-0.2, -0.15) is 5.10 Å². The summed E-state index contributed by atoms with van der Waals surface area (Å²) in [7, 11) is 1.34. The Labute approximate surface area is 239 Å². The second-order valence-electron chi connectivity index (χ2n) is 8.81. The average molecular weight is 618 g/mol. The first-order valence-corrected chi connectivity index (χ1v) is 14.5. The number of hydrogen-bond acceptors (Lipinski definition) is 7. The first-order valence-electron chi connectivity index (χ1n) is 12.0. The molecule has 1 aliphatic rings. The largest absolute Gasteiger partial charge is 0.466 e. The number of fused-ring (bicyclic) bond motifs is 1. The van der Waals surface area contributed by atoms with Crippen LogP contribution in [0.3, 0.4) is 0 Å². The van der Waals surface area contributed by atoms with Crippen molar-refractivity contribution in [2.24, 2.45) is 4.99 Å². The van der Waals surface area contributed by atoms with Crippen molar-refractivity contribution in [2.75, 3.05) is 7.11 Å². The molecule has 1 aliphatic heterocycles. The van der Waals surface area contributed by atoms with Crippen molar-refractivity contribution in [3.63, 3.8) is 0 Å². The van der Waals surface area contributed by atoms with Gasteiger partial charge in [0.2, 0.25) is 0 Å². The maximum atomic E-state index is 13.9. The van der Waals surface area contributed by atoms with Crippen molar-refractivity contribution in [3.8, 4) is 16.9 Å². The standard InChI is InChI=1S/C29H21BrN4O3S2/c1-17-24(28(36)37-2)26(22-9-6-14-38-22)34-27(35)23(39-29(34)31-17)15-19-16-33(21-7-4-3-5-8-21)32-25(19)18-10-12-20(30)13-11-18/h3-16,26H,1-2H3/b23-15-/t26-/m0/s1. The molecule has 3 aromatic heterocycles. The number of thiazole rings is 1. The highest BCUT2D eigenvalue weighted by Crippen LogP contribution is 2.33. The number of aromatic nitrogens is 3. The lowest BCUT2D eigenvalue weighted by atomic mass is 10.0. The summed E-state index contributed by atoms with van der Waals surface area (Å²) in [5.41, 5.74) is 4.06. The fraction of sp³-hybridized carbons (Fsp3) is 0.103. The molecule has 0 radical (unpaired) electrons. The van der Waals surface area contributed by atoms with Crippen LogP contribution in [0.5, 0.6) is 0 Å². The van der Waals surface area contributed by atoms with Crippen LogP contribution in [0.1, 0.15) is 23.4 Å². The minimum atomic E-state index is -0.603. The molecule has 0 unspecified atom stereocenters. The first kappa shape index (κ1) is 25.4. The predicted molar refractivity (Wildman–Crippen MR) is 157 cm³/mol. The number of thiophene rings is 1. The molecule has 1 atom stereocenters. The molecular weight excluding hydrogens is 596 g/mol. The molecule has 194 valence electrons. The van der Waals surface area contributed by atoms with E-state index in [2.05, 4.69) is 20.9 Å². The summed E-state index contributed by atoms with van der Waals surface area (Å²) in [6.07, 6.45) is 3.78. The summed E-state index contributed by atoms with van der Waals surface area (Å²) in [6.45, 7) is 1.78. The average Bonchev–Trinajstić information content (AvgIpc) is 3.69. The number of halogens is 1. The van der Waals surface area contributed by atoms with Crippen LogP contribution in [0.15, 0.2) is 104 Å². The first-order chi connectivity index (χ1) is 18.9. The summed E-state index contributed by atoms with van der Waals surface area (Å²) in [5, 5.41) is 6.81. The number of carbonyl (C=O) groups excluding carboxylic acids is 1. The Morgan fingerprint density at radius 3 is 2.54 bits per heavy atom. The van der Waals surface area contributed by atoms with Gasteiger partial charge >= 0.3 is 5.97 Å². The number of carbonyl (C=O) groups is 1. The molecule has 10 heteroatoms. The van der Waals surface area contributed by atoms with Crippen molar-refractivity contribution in [1.82, 2.24) is 14.3 Å². The minimum Gasteiger partial charge on any atom is -0.466 e. The molecular formula is C29H21BrN4O3S2. The van der Waals surface area contributed by atoms with Crippen molar-refractivity contribution in [3.05, 3.63) is 124 Å². The molecule has 0 saturated heterocycles. The SMILES string of the molecule is COC(=O)C1=C(C)N=c2s/c(=C\c3cn(-c4ccccc4)nc3-c3ccc(Br)cc3)c(=O)n2[C@H]1c1cccs1. The summed E-state index contributed by atoms with van der Waals surface area (Å²) in [6, 6.07) is 21.0. The monoisotopic (exact) mass is 616 g/mol. The van der Waals surface area contributed by atoms with E-state index in [1.54, 1.807) is 11.5 Å².